The lowest BCUT2D eigenvalue weighted by molar-refractivity contribution is 0.243. The van der Waals surface area contributed by atoms with Crippen LogP contribution in [-0.4, -0.2) is 31.6 Å². The molecule has 5 rings (SSSR count). The number of nitrogens with zero attached hydrogens (tertiary/aromatic N) is 4. The van der Waals surface area contributed by atoms with E-state index in [1.807, 2.05) is 48.8 Å². The summed E-state index contributed by atoms with van der Waals surface area (Å²) >= 11 is 0. The second-order valence-corrected chi connectivity index (χ2v) is 7.27. The van der Waals surface area contributed by atoms with Crippen molar-refractivity contribution in [2.45, 2.75) is 19.5 Å². The standard InChI is InChI=1S/C23H20FN5/c24-20-8-4-7-17(11-20)22-19(13-26-28-22)15-29-10-9-21-18(14-29)12-25-23(27-21)16-5-2-1-3-6-16/h1-8,11-13H,9-10,14-15H2,(H,26,28). The second-order valence-electron chi connectivity index (χ2n) is 7.27. The van der Waals surface area contributed by atoms with E-state index in [9.17, 15) is 4.39 Å². The van der Waals surface area contributed by atoms with Crippen LogP contribution in [0.3, 0.4) is 0 Å². The first kappa shape index (κ1) is 17.7. The molecule has 1 aliphatic heterocycles. The van der Waals surface area contributed by atoms with Gasteiger partial charge in [0.15, 0.2) is 5.82 Å². The number of H-pyrrole nitrogens is 1. The fraction of sp³-hybridized carbons (Fsp3) is 0.174. The first-order valence-electron chi connectivity index (χ1n) is 9.67. The largest absolute Gasteiger partial charge is 0.294 e. The van der Waals surface area contributed by atoms with Crippen LogP contribution in [0.4, 0.5) is 4.39 Å². The van der Waals surface area contributed by atoms with Crippen molar-refractivity contribution in [1.82, 2.24) is 25.1 Å². The minimum Gasteiger partial charge on any atom is -0.294 e. The Labute approximate surface area is 168 Å². The number of nitrogens with one attached hydrogen (secondary N) is 1. The Kier molecular flexibility index (Phi) is 4.62. The van der Waals surface area contributed by atoms with Crippen LogP contribution >= 0.6 is 0 Å². The maximum Gasteiger partial charge on any atom is 0.159 e. The number of fused-ring (bicyclic) bond motifs is 1. The third kappa shape index (κ3) is 3.67. The predicted molar refractivity (Wildman–Crippen MR) is 109 cm³/mol. The number of hydrogen-bond acceptors (Lipinski definition) is 4. The summed E-state index contributed by atoms with van der Waals surface area (Å²) < 4.78 is 13.6. The summed E-state index contributed by atoms with van der Waals surface area (Å²) in [5.74, 6) is 0.530. The molecule has 144 valence electrons. The molecule has 6 heteroatoms. The van der Waals surface area contributed by atoms with Crippen LogP contribution in [-0.2, 0) is 19.5 Å². The van der Waals surface area contributed by atoms with Gasteiger partial charge in [-0.3, -0.25) is 10.00 Å². The van der Waals surface area contributed by atoms with Crippen LogP contribution in [0.5, 0.6) is 0 Å². The van der Waals surface area contributed by atoms with E-state index in [2.05, 4.69) is 20.1 Å². The van der Waals surface area contributed by atoms with Gasteiger partial charge in [-0.1, -0.05) is 42.5 Å². The highest BCUT2D eigenvalue weighted by Gasteiger charge is 2.20. The van der Waals surface area contributed by atoms with E-state index in [0.717, 1.165) is 65.5 Å². The van der Waals surface area contributed by atoms with Gasteiger partial charge >= 0.3 is 0 Å². The topological polar surface area (TPSA) is 57.7 Å². The van der Waals surface area contributed by atoms with E-state index in [-0.39, 0.29) is 5.82 Å². The van der Waals surface area contributed by atoms with Gasteiger partial charge in [-0.2, -0.15) is 5.10 Å². The minimum absolute atomic E-state index is 0.249. The SMILES string of the molecule is Fc1cccc(-c2[nH]ncc2CN2CCc3nc(-c4ccccc4)ncc3C2)c1. The third-order valence-electron chi connectivity index (χ3n) is 5.27. The molecular weight excluding hydrogens is 365 g/mol. The van der Waals surface area contributed by atoms with Crippen molar-refractivity contribution >= 4 is 0 Å². The van der Waals surface area contributed by atoms with Gasteiger partial charge in [0.25, 0.3) is 0 Å². The van der Waals surface area contributed by atoms with Crippen molar-refractivity contribution in [1.29, 1.82) is 0 Å². The van der Waals surface area contributed by atoms with Crippen molar-refractivity contribution in [2.24, 2.45) is 0 Å². The maximum atomic E-state index is 13.6. The van der Waals surface area contributed by atoms with Crippen LogP contribution in [0, 0.1) is 5.82 Å². The second kappa shape index (κ2) is 7.56. The van der Waals surface area contributed by atoms with Crippen LogP contribution in [0.2, 0.25) is 0 Å². The summed E-state index contributed by atoms with van der Waals surface area (Å²) in [5, 5.41) is 7.20. The van der Waals surface area contributed by atoms with Crippen molar-refractivity contribution < 1.29 is 4.39 Å². The van der Waals surface area contributed by atoms with Crippen LogP contribution in [0.15, 0.2) is 67.0 Å². The Morgan fingerprint density at radius 2 is 1.86 bits per heavy atom. The molecule has 1 N–H and O–H groups in total. The lowest BCUT2D eigenvalue weighted by Crippen LogP contribution is -2.31. The first-order valence-corrected chi connectivity index (χ1v) is 9.67. The number of aromatic nitrogens is 4. The Morgan fingerprint density at radius 1 is 1.00 bits per heavy atom. The molecule has 0 radical (unpaired) electrons. The molecule has 0 bridgehead atoms. The zero-order valence-corrected chi connectivity index (χ0v) is 15.8. The molecule has 0 spiro atoms. The molecule has 3 heterocycles. The average Bonchev–Trinajstić information content (AvgIpc) is 3.22. The summed E-state index contributed by atoms with van der Waals surface area (Å²) in [7, 11) is 0. The molecule has 29 heavy (non-hydrogen) atoms. The van der Waals surface area contributed by atoms with E-state index in [1.165, 1.54) is 12.1 Å². The summed E-state index contributed by atoms with van der Waals surface area (Å²) in [6.45, 7) is 2.44. The molecule has 2 aromatic carbocycles. The van der Waals surface area contributed by atoms with E-state index >= 15 is 0 Å². The first-order chi connectivity index (χ1) is 14.3. The lowest BCUT2D eigenvalue weighted by atomic mass is 10.0. The Morgan fingerprint density at radius 3 is 2.72 bits per heavy atom. The van der Waals surface area contributed by atoms with Gasteiger partial charge in [-0.15, -0.1) is 0 Å². The number of aromatic amines is 1. The van der Waals surface area contributed by atoms with Crippen LogP contribution in [0.25, 0.3) is 22.6 Å². The molecule has 0 fully saturated rings. The van der Waals surface area contributed by atoms with Crippen molar-refractivity contribution in [2.75, 3.05) is 6.54 Å². The van der Waals surface area contributed by atoms with Gasteiger partial charge in [-0.05, 0) is 12.1 Å². The van der Waals surface area contributed by atoms with Crippen molar-refractivity contribution in [3.63, 3.8) is 0 Å². The zero-order chi connectivity index (χ0) is 19.6. The average molecular weight is 385 g/mol. The molecule has 0 saturated carbocycles. The molecule has 1 aliphatic rings. The molecule has 0 saturated heterocycles. The van der Waals surface area contributed by atoms with Crippen LogP contribution < -0.4 is 0 Å². The highest BCUT2D eigenvalue weighted by Crippen LogP contribution is 2.26. The smallest absolute Gasteiger partial charge is 0.159 e. The van der Waals surface area contributed by atoms with Gasteiger partial charge in [0.1, 0.15) is 5.82 Å². The summed E-state index contributed by atoms with van der Waals surface area (Å²) in [6.07, 6.45) is 4.65. The molecule has 0 aliphatic carbocycles. The normalized spacial score (nSPS) is 14.0. The predicted octanol–water partition coefficient (Wildman–Crippen LogP) is 4.23. The van der Waals surface area contributed by atoms with Crippen molar-refractivity contribution in [3.8, 4) is 22.6 Å². The Balaban J connectivity index is 1.34. The molecule has 4 aromatic rings. The molecular formula is C23H20FN5. The highest BCUT2D eigenvalue weighted by molar-refractivity contribution is 5.62. The van der Waals surface area contributed by atoms with Gasteiger partial charge in [0, 0.05) is 54.5 Å². The van der Waals surface area contributed by atoms with Gasteiger partial charge in [0.2, 0.25) is 0 Å². The fourth-order valence-corrected chi connectivity index (χ4v) is 3.80. The number of benzene rings is 2. The highest BCUT2D eigenvalue weighted by atomic mass is 19.1. The van der Waals surface area contributed by atoms with Crippen LogP contribution in [0.1, 0.15) is 16.8 Å². The third-order valence-corrected chi connectivity index (χ3v) is 5.27. The minimum atomic E-state index is -0.249. The number of halogens is 1. The van der Waals surface area contributed by atoms with Gasteiger partial charge in [-0.25, -0.2) is 14.4 Å². The summed E-state index contributed by atoms with van der Waals surface area (Å²) in [6, 6.07) is 16.6. The number of rotatable bonds is 4. The zero-order valence-electron chi connectivity index (χ0n) is 15.8. The quantitative estimate of drug-likeness (QED) is 0.571. The summed E-state index contributed by atoms with van der Waals surface area (Å²) in [4.78, 5) is 11.7. The molecule has 0 unspecified atom stereocenters. The Hall–Kier alpha value is -3.38. The molecule has 0 atom stereocenters. The maximum absolute atomic E-state index is 13.6. The Bertz CT molecular complexity index is 1140. The van der Waals surface area contributed by atoms with Gasteiger partial charge < -0.3 is 0 Å². The summed E-state index contributed by atoms with van der Waals surface area (Å²) in [5.41, 5.74) is 6.05. The van der Waals surface area contributed by atoms with E-state index < -0.39 is 0 Å². The molecule has 5 nitrogen and oxygen atoms in total. The van der Waals surface area contributed by atoms with Gasteiger partial charge in [0.05, 0.1) is 17.6 Å². The fourth-order valence-electron chi connectivity index (χ4n) is 3.80. The molecule has 2 aromatic heterocycles. The monoisotopic (exact) mass is 385 g/mol. The van der Waals surface area contributed by atoms with E-state index in [0.29, 0.717) is 0 Å². The molecule has 0 amide bonds. The van der Waals surface area contributed by atoms with E-state index in [4.69, 9.17) is 4.98 Å². The lowest BCUT2D eigenvalue weighted by Gasteiger charge is -2.28. The van der Waals surface area contributed by atoms with E-state index in [1.54, 1.807) is 6.07 Å². The number of hydrogen-bond donors (Lipinski definition) is 1. The van der Waals surface area contributed by atoms with Crippen molar-refractivity contribution in [3.05, 3.63) is 89.6 Å².